The molecule has 2 saturated heterocycles. The largest absolute Gasteiger partial charge is 0.300 e. The monoisotopic (exact) mass is 255 g/mol. The van der Waals surface area contributed by atoms with E-state index in [0.717, 1.165) is 12.8 Å². The molecule has 100 valence electrons. The van der Waals surface area contributed by atoms with E-state index in [9.17, 15) is 4.79 Å². The van der Waals surface area contributed by atoms with Gasteiger partial charge in [0.05, 0.1) is 0 Å². The molecule has 2 aliphatic heterocycles. The zero-order valence-corrected chi connectivity index (χ0v) is 11.3. The number of rotatable bonds is 1. The van der Waals surface area contributed by atoms with Crippen LogP contribution in [0.1, 0.15) is 55.7 Å². The maximum atomic E-state index is 11.8. The highest BCUT2D eigenvalue weighted by atomic mass is 16.1. The van der Waals surface area contributed by atoms with E-state index in [1.54, 1.807) is 5.56 Å². The molecule has 19 heavy (non-hydrogen) atoms. The lowest BCUT2D eigenvalue weighted by atomic mass is 9.84. The van der Waals surface area contributed by atoms with Gasteiger partial charge in [-0.15, -0.1) is 0 Å². The molecular formula is C17H21NO. The number of nitrogens with zero attached hydrogens (tertiary/aromatic N) is 1. The van der Waals surface area contributed by atoms with Crippen LogP contribution in [0.3, 0.4) is 0 Å². The third kappa shape index (κ3) is 1.85. The van der Waals surface area contributed by atoms with Crippen molar-refractivity contribution in [2.45, 2.75) is 63.1 Å². The zero-order valence-electron chi connectivity index (χ0n) is 11.3. The summed E-state index contributed by atoms with van der Waals surface area (Å²) in [5.41, 5.74) is 3.08. The second kappa shape index (κ2) is 4.45. The number of hydrogen-bond donors (Lipinski definition) is 0. The molecule has 0 N–H and O–H groups in total. The van der Waals surface area contributed by atoms with Gasteiger partial charge in [0.1, 0.15) is 5.78 Å². The van der Waals surface area contributed by atoms with E-state index in [4.69, 9.17) is 0 Å². The van der Waals surface area contributed by atoms with Crippen LogP contribution in [0, 0.1) is 0 Å². The topological polar surface area (TPSA) is 20.3 Å². The van der Waals surface area contributed by atoms with Crippen molar-refractivity contribution < 1.29 is 4.79 Å². The fraction of sp³-hybridized carbons (Fsp3) is 0.588. The Morgan fingerprint density at radius 1 is 1.00 bits per heavy atom. The molecule has 4 rings (SSSR count). The Balaban J connectivity index is 1.69. The minimum absolute atomic E-state index is 0.493. The van der Waals surface area contributed by atoms with Gasteiger partial charge in [0, 0.05) is 31.0 Å². The Hall–Kier alpha value is -1.15. The van der Waals surface area contributed by atoms with Crippen LogP contribution in [0.2, 0.25) is 0 Å². The van der Waals surface area contributed by atoms with E-state index in [2.05, 4.69) is 29.2 Å². The minimum atomic E-state index is 0.493. The Morgan fingerprint density at radius 2 is 1.74 bits per heavy atom. The first-order valence-electron chi connectivity index (χ1n) is 7.70. The fourth-order valence-electron chi connectivity index (χ4n) is 4.55. The van der Waals surface area contributed by atoms with Gasteiger partial charge in [-0.25, -0.2) is 0 Å². The molecule has 3 aliphatic rings. The van der Waals surface area contributed by atoms with Crippen LogP contribution < -0.4 is 0 Å². The summed E-state index contributed by atoms with van der Waals surface area (Å²) >= 11 is 0. The van der Waals surface area contributed by atoms with Crippen LogP contribution in [0.25, 0.3) is 0 Å². The van der Waals surface area contributed by atoms with Crippen LogP contribution in [0.4, 0.5) is 0 Å². The normalized spacial score (nSPS) is 34.3. The van der Waals surface area contributed by atoms with Gasteiger partial charge >= 0.3 is 0 Å². The first-order valence-corrected chi connectivity index (χ1v) is 7.70. The molecule has 0 amide bonds. The number of aryl methyl sites for hydroxylation is 1. The minimum Gasteiger partial charge on any atom is -0.300 e. The van der Waals surface area contributed by atoms with E-state index >= 15 is 0 Å². The van der Waals surface area contributed by atoms with E-state index in [1.807, 2.05) is 0 Å². The van der Waals surface area contributed by atoms with Gasteiger partial charge < -0.3 is 0 Å². The predicted molar refractivity (Wildman–Crippen MR) is 75.0 cm³/mol. The number of ketones is 1. The van der Waals surface area contributed by atoms with Gasteiger partial charge in [-0.05, 0) is 43.2 Å². The molecule has 2 bridgehead atoms. The number of Topliss-reactive ketones (excluding diaryl/α,β-unsaturated/α-hetero) is 1. The molecule has 0 saturated carbocycles. The molecule has 2 heteroatoms. The van der Waals surface area contributed by atoms with Gasteiger partial charge in [-0.2, -0.15) is 0 Å². The van der Waals surface area contributed by atoms with Crippen LogP contribution in [-0.4, -0.2) is 22.8 Å². The van der Waals surface area contributed by atoms with Crippen molar-refractivity contribution in [3.8, 4) is 0 Å². The Bertz CT molecular complexity index is 494. The van der Waals surface area contributed by atoms with Crippen molar-refractivity contribution in [1.82, 2.24) is 4.90 Å². The molecule has 0 radical (unpaired) electrons. The lowest BCUT2D eigenvalue weighted by Gasteiger charge is -2.42. The highest BCUT2D eigenvalue weighted by molar-refractivity contribution is 5.81. The number of benzene rings is 1. The maximum absolute atomic E-state index is 11.8. The lowest BCUT2D eigenvalue weighted by molar-refractivity contribution is -0.124. The molecule has 3 unspecified atom stereocenters. The molecule has 2 nitrogen and oxygen atoms in total. The second-order valence-corrected chi connectivity index (χ2v) is 6.39. The molecule has 1 aromatic carbocycles. The van der Waals surface area contributed by atoms with Gasteiger partial charge in [-0.3, -0.25) is 9.69 Å². The van der Waals surface area contributed by atoms with Crippen LogP contribution >= 0.6 is 0 Å². The number of hydrogen-bond acceptors (Lipinski definition) is 2. The van der Waals surface area contributed by atoms with Crippen molar-refractivity contribution in [2.75, 3.05) is 0 Å². The first kappa shape index (κ1) is 11.7. The molecule has 2 heterocycles. The number of carbonyl (C=O) groups is 1. The molecular weight excluding hydrogens is 234 g/mol. The van der Waals surface area contributed by atoms with Gasteiger partial charge in [-0.1, -0.05) is 24.3 Å². The summed E-state index contributed by atoms with van der Waals surface area (Å²) in [4.78, 5) is 14.5. The molecule has 0 spiro atoms. The number of piperidine rings is 1. The second-order valence-electron chi connectivity index (χ2n) is 6.39. The van der Waals surface area contributed by atoms with Crippen LogP contribution in [0.15, 0.2) is 24.3 Å². The zero-order chi connectivity index (χ0) is 12.8. The third-order valence-electron chi connectivity index (χ3n) is 5.30. The molecule has 2 fully saturated rings. The third-order valence-corrected chi connectivity index (χ3v) is 5.30. The van der Waals surface area contributed by atoms with Crippen LogP contribution in [0.5, 0.6) is 0 Å². The molecule has 0 aromatic heterocycles. The van der Waals surface area contributed by atoms with Crippen molar-refractivity contribution in [1.29, 1.82) is 0 Å². The SMILES string of the molecule is O=C1CC2CCC(C1)N2C1CCCc2ccccc21. The summed E-state index contributed by atoms with van der Waals surface area (Å²) in [7, 11) is 0. The molecule has 3 atom stereocenters. The fourth-order valence-corrected chi connectivity index (χ4v) is 4.55. The number of carbonyl (C=O) groups excluding carboxylic acids is 1. The quantitative estimate of drug-likeness (QED) is 0.767. The summed E-state index contributed by atoms with van der Waals surface area (Å²) in [5.74, 6) is 0.493. The predicted octanol–water partition coefficient (Wildman–Crippen LogP) is 3.26. The lowest BCUT2D eigenvalue weighted by Crippen LogP contribution is -2.46. The molecule has 1 aromatic rings. The summed E-state index contributed by atoms with van der Waals surface area (Å²) in [6.45, 7) is 0. The van der Waals surface area contributed by atoms with E-state index in [-0.39, 0.29) is 0 Å². The smallest absolute Gasteiger partial charge is 0.136 e. The molecule has 1 aliphatic carbocycles. The Labute approximate surface area is 114 Å². The first-order chi connectivity index (χ1) is 9.33. The van der Waals surface area contributed by atoms with Gasteiger partial charge in [0.15, 0.2) is 0 Å². The van der Waals surface area contributed by atoms with Crippen molar-refractivity contribution in [3.63, 3.8) is 0 Å². The van der Waals surface area contributed by atoms with Gasteiger partial charge in [0.25, 0.3) is 0 Å². The van der Waals surface area contributed by atoms with E-state index in [0.29, 0.717) is 23.9 Å². The van der Waals surface area contributed by atoms with E-state index in [1.165, 1.54) is 37.7 Å². The van der Waals surface area contributed by atoms with Gasteiger partial charge in [0.2, 0.25) is 0 Å². The summed E-state index contributed by atoms with van der Waals surface area (Å²) in [6.07, 6.45) is 7.87. The maximum Gasteiger partial charge on any atom is 0.136 e. The Kier molecular flexibility index (Phi) is 2.73. The van der Waals surface area contributed by atoms with Crippen LogP contribution in [-0.2, 0) is 11.2 Å². The van der Waals surface area contributed by atoms with E-state index < -0.39 is 0 Å². The average Bonchev–Trinajstić information content (AvgIpc) is 2.70. The van der Waals surface area contributed by atoms with Crippen molar-refractivity contribution >= 4 is 5.78 Å². The highest BCUT2D eigenvalue weighted by Crippen LogP contribution is 2.44. The summed E-state index contributed by atoms with van der Waals surface area (Å²) < 4.78 is 0. The summed E-state index contributed by atoms with van der Waals surface area (Å²) in [5, 5.41) is 0. The van der Waals surface area contributed by atoms with Crippen molar-refractivity contribution in [3.05, 3.63) is 35.4 Å². The highest BCUT2D eigenvalue weighted by Gasteiger charge is 2.44. The number of fused-ring (bicyclic) bond motifs is 3. The Morgan fingerprint density at radius 3 is 2.53 bits per heavy atom. The summed E-state index contributed by atoms with van der Waals surface area (Å²) in [6, 6.07) is 10.6. The standard InChI is InChI=1S/C17H21NO/c19-15-10-13-8-9-14(11-15)18(13)17-7-3-5-12-4-1-2-6-16(12)17/h1-2,4,6,13-14,17H,3,5,7-11H2. The average molecular weight is 255 g/mol. The van der Waals surface area contributed by atoms with Crippen molar-refractivity contribution in [2.24, 2.45) is 0 Å².